The van der Waals surface area contributed by atoms with Crippen LogP contribution in [-0.2, 0) is 14.2 Å². The number of hydrogen-bond donors (Lipinski definition) is 2. The maximum absolute atomic E-state index is 9.57. The predicted molar refractivity (Wildman–Crippen MR) is 95.0 cm³/mol. The van der Waals surface area contributed by atoms with E-state index in [1.165, 1.54) is 6.33 Å². The molecule has 1 fully saturated rings. The van der Waals surface area contributed by atoms with Crippen LogP contribution in [0.2, 0.25) is 0 Å². The normalized spacial score (nSPS) is 21.3. The Morgan fingerprint density at radius 3 is 2.85 bits per heavy atom. The van der Waals surface area contributed by atoms with Gasteiger partial charge >= 0.3 is 0 Å². The first kappa shape index (κ1) is 18.9. The fourth-order valence-corrected chi connectivity index (χ4v) is 3.01. The van der Waals surface area contributed by atoms with E-state index in [-0.39, 0.29) is 18.9 Å². The fourth-order valence-electron chi connectivity index (χ4n) is 3.01. The summed E-state index contributed by atoms with van der Waals surface area (Å²) >= 11 is 0. The van der Waals surface area contributed by atoms with Crippen LogP contribution in [0.1, 0.15) is 6.23 Å². The Hall–Kier alpha value is -1.85. The maximum Gasteiger partial charge on any atom is 0.167 e. The van der Waals surface area contributed by atoms with E-state index in [4.69, 9.17) is 14.2 Å². The van der Waals surface area contributed by atoms with E-state index in [1.54, 1.807) is 20.5 Å². The van der Waals surface area contributed by atoms with Crippen molar-refractivity contribution in [3.63, 3.8) is 0 Å². The molecule has 2 atom stereocenters. The highest BCUT2D eigenvalue weighted by Crippen LogP contribution is 2.25. The minimum atomic E-state index is -0.288. The number of ether oxygens (including phenoxy) is 3. The Bertz CT molecular complexity index is 696. The number of rotatable bonds is 9. The first-order chi connectivity index (χ1) is 12.8. The van der Waals surface area contributed by atoms with Crippen molar-refractivity contribution in [2.45, 2.75) is 12.3 Å². The average Bonchev–Trinajstić information content (AvgIpc) is 3.11. The van der Waals surface area contributed by atoms with Gasteiger partial charge < -0.3 is 24.6 Å². The summed E-state index contributed by atoms with van der Waals surface area (Å²) in [7, 11) is 3.33. The molecule has 10 nitrogen and oxygen atoms in total. The zero-order valence-electron chi connectivity index (χ0n) is 15.2. The molecular formula is C16H26N6O4. The number of hydrogen-bond acceptors (Lipinski definition) is 9. The predicted octanol–water partition coefficient (Wildman–Crippen LogP) is -0.277. The highest BCUT2D eigenvalue weighted by Gasteiger charge is 2.29. The second kappa shape index (κ2) is 9.19. The van der Waals surface area contributed by atoms with Crippen LogP contribution in [0.3, 0.4) is 0 Å². The monoisotopic (exact) mass is 366 g/mol. The average molecular weight is 366 g/mol. The molecular weight excluding hydrogens is 340 g/mol. The van der Waals surface area contributed by atoms with E-state index in [0.29, 0.717) is 49.8 Å². The van der Waals surface area contributed by atoms with Gasteiger partial charge in [0, 0.05) is 40.4 Å². The molecule has 26 heavy (non-hydrogen) atoms. The second-order valence-corrected chi connectivity index (χ2v) is 6.11. The smallest absolute Gasteiger partial charge is 0.167 e. The minimum Gasteiger partial charge on any atom is -0.394 e. The number of aliphatic hydroxyl groups is 1. The standard InChI is InChI=1S/C16H26N6O4/c1-24-5-3-17-15-14-16(19-10-18-15)22(11-20-14)13-8-21(4-6-25-2)7-12(9-23)26-13/h10-13,23H,3-9H2,1-2H3,(H,17,18,19)/t12-,13+/m0/s1. The van der Waals surface area contributed by atoms with Crippen molar-refractivity contribution in [3.05, 3.63) is 12.7 Å². The van der Waals surface area contributed by atoms with Gasteiger partial charge in [0.25, 0.3) is 0 Å². The summed E-state index contributed by atoms with van der Waals surface area (Å²) in [5.74, 6) is 0.663. The highest BCUT2D eigenvalue weighted by atomic mass is 16.5. The zero-order chi connectivity index (χ0) is 18.4. The number of methoxy groups -OCH3 is 2. The molecule has 3 rings (SSSR count). The van der Waals surface area contributed by atoms with Gasteiger partial charge in [0.05, 0.1) is 32.3 Å². The van der Waals surface area contributed by atoms with Crippen molar-refractivity contribution >= 4 is 17.0 Å². The number of morpholine rings is 1. The number of fused-ring (bicyclic) bond motifs is 1. The van der Waals surface area contributed by atoms with Crippen molar-refractivity contribution in [2.24, 2.45) is 0 Å². The number of nitrogens with zero attached hydrogens (tertiary/aromatic N) is 5. The molecule has 2 aromatic rings. The van der Waals surface area contributed by atoms with Crippen molar-refractivity contribution in [3.8, 4) is 0 Å². The number of aromatic nitrogens is 4. The van der Waals surface area contributed by atoms with Crippen LogP contribution in [0.5, 0.6) is 0 Å². The van der Waals surface area contributed by atoms with Gasteiger partial charge in [0.1, 0.15) is 12.6 Å². The lowest BCUT2D eigenvalue weighted by molar-refractivity contribution is -0.135. The van der Waals surface area contributed by atoms with Gasteiger partial charge in [0.15, 0.2) is 17.0 Å². The Kier molecular flexibility index (Phi) is 6.69. The van der Waals surface area contributed by atoms with Crippen molar-refractivity contribution in [1.29, 1.82) is 0 Å². The summed E-state index contributed by atoms with van der Waals surface area (Å²) in [6.45, 7) is 3.91. The minimum absolute atomic E-state index is 0.0363. The third-order valence-corrected chi connectivity index (χ3v) is 4.31. The molecule has 0 spiro atoms. The molecule has 0 radical (unpaired) electrons. The van der Waals surface area contributed by atoms with E-state index in [9.17, 15) is 5.11 Å². The lowest BCUT2D eigenvalue weighted by Crippen LogP contribution is -2.48. The molecule has 0 unspecified atom stereocenters. The Morgan fingerprint density at radius 1 is 1.23 bits per heavy atom. The number of aliphatic hydroxyl groups excluding tert-OH is 1. The zero-order valence-corrected chi connectivity index (χ0v) is 15.2. The van der Waals surface area contributed by atoms with Crippen molar-refractivity contribution < 1.29 is 19.3 Å². The van der Waals surface area contributed by atoms with Crippen LogP contribution in [0.4, 0.5) is 5.82 Å². The molecule has 2 N–H and O–H groups in total. The first-order valence-electron chi connectivity index (χ1n) is 8.64. The molecule has 0 aliphatic carbocycles. The molecule has 0 amide bonds. The van der Waals surface area contributed by atoms with Gasteiger partial charge in [0.2, 0.25) is 0 Å². The molecule has 0 bridgehead atoms. The summed E-state index contributed by atoms with van der Waals surface area (Å²) < 4.78 is 18.1. The maximum atomic E-state index is 9.57. The van der Waals surface area contributed by atoms with Gasteiger partial charge in [-0.05, 0) is 0 Å². The van der Waals surface area contributed by atoms with Crippen LogP contribution in [0, 0.1) is 0 Å². The molecule has 1 aliphatic heterocycles. The Balaban J connectivity index is 1.81. The third-order valence-electron chi connectivity index (χ3n) is 4.31. The van der Waals surface area contributed by atoms with Gasteiger partial charge in [-0.1, -0.05) is 0 Å². The molecule has 144 valence electrons. The molecule has 3 heterocycles. The Morgan fingerprint density at radius 2 is 2.08 bits per heavy atom. The van der Waals surface area contributed by atoms with E-state index in [2.05, 4.69) is 25.2 Å². The third kappa shape index (κ3) is 4.27. The fraction of sp³-hybridized carbons (Fsp3) is 0.688. The van der Waals surface area contributed by atoms with Crippen LogP contribution >= 0.6 is 0 Å². The van der Waals surface area contributed by atoms with Crippen LogP contribution in [0.25, 0.3) is 11.2 Å². The van der Waals surface area contributed by atoms with Crippen molar-refractivity contribution in [2.75, 3.05) is 65.5 Å². The molecule has 2 aromatic heterocycles. The number of anilines is 1. The quantitative estimate of drug-likeness (QED) is 0.580. The van der Waals surface area contributed by atoms with Gasteiger partial charge in [-0.3, -0.25) is 9.47 Å². The van der Waals surface area contributed by atoms with E-state index >= 15 is 0 Å². The summed E-state index contributed by atoms with van der Waals surface area (Å²) in [6, 6.07) is 0. The topological polar surface area (TPSA) is 107 Å². The molecule has 1 saturated heterocycles. The van der Waals surface area contributed by atoms with E-state index in [0.717, 1.165) is 6.54 Å². The van der Waals surface area contributed by atoms with Crippen LogP contribution in [0.15, 0.2) is 12.7 Å². The lowest BCUT2D eigenvalue weighted by atomic mass is 10.2. The first-order valence-corrected chi connectivity index (χ1v) is 8.64. The summed E-state index contributed by atoms with van der Waals surface area (Å²) in [6.07, 6.45) is 2.67. The van der Waals surface area contributed by atoms with Gasteiger partial charge in [-0.15, -0.1) is 0 Å². The molecule has 0 aromatic carbocycles. The molecule has 10 heteroatoms. The molecule has 0 saturated carbocycles. The summed E-state index contributed by atoms with van der Waals surface area (Å²) in [5, 5.41) is 12.8. The highest BCUT2D eigenvalue weighted by molar-refractivity contribution is 5.82. The number of nitrogens with one attached hydrogen (secondary N) is 1. The van der Waals surface area contributed by atoms with E-state index < -0.39 is 0 Å². The van der Waals surface area contributed by atoms with Gasteiger partial charge in [-0.25, -0.2) is 15.0 Å². The largest absolute Gasteiger partial charge is 0.394 e. The summed E-state index contributed by atoms with van der Waals surface area (Å²) in [5.41, 5.74) is 1.37. The lowest BCUT2D eigenvalue weighted by Gasteiger charge is -2.37. The second-order valence-electron chi connectivity index (χ2n) is 6.11. The molecule has 1 aliphatic rings. The summed E-state index contributed by atoms with van der Waals surface area (Å²) in [4.78, 5) is 15.3. The Labute approximate surface area is 152 Å². The van der Waals surface area contributed by atoms with Crippen LogP contribution < -0.4 is 5.32 Å². The van der Waals surface area contributed by atoms with Crippen molar-refractivity contribution in [1.82, 2.24) is 24.4 Å². The SMILES string of the molecule is COCCNc1ncnc2c1ncn2[C@H]1CN(CCOC)C[C@@H](CO)O1. The van der Waals surface area contributed by atoms with Gasteiger partial charge in [-0.2, -0.15) is 0 Å². The van der Waals surface area contributed by atoms with E-state index in [1.807, 2.05) is 4.57 Å². The number of imidazole rings is 1. The van der Waals surface area contributed by atoms with Crippen LogP contribution in [-0.4, -0.2) is 95.8 Å².